The second-order valence-electron chi connectivity index (χ2n) is 7.74. The lowest BCUT2D eigenvalue weighted by atomic mass is 10.0. The Morgan fingerprint density at radius 1 is 1.00 bits per heavy atom. The Hall–Kier alpha value is -2.87. The molecule has 2 amide bonds. The molecule has 7 nitrogen and oxygen atoms in total. The summed E-state index contributed by atoms with van der Waals surface area (Å²) in [6.45, 7) is 5.14. The number of sulfone groups is 1. The van der Waals surface area contributed by atoms with Crippen LogP contribution in [0.3, 0.4) is 0 Å². The lowest BCUT2D eigenvalue weighted by Crippen LogP contribution is -2.44. The fourth-order valence-corrected chi connectivity index (χ4v) is 4.47. The number of hydrogen-bond acceptors (Lipinski definition) is 5. The molecule has 31 heavy (non-hydrogen) atoms. The predicted octanol–water partition coefficient (Wildman–Crippen LogP) is 2.52. The lowest BCUT2D eigenvalue weighted by Gasteiger charge is -2.34. The predicted molar refractivity (Wildman–Crippen MR) is 121 cm³/mol. The maximum atomic E-state index is 12.6. The fraction of sp³-hybridized carbons (Fsp3) is 0.391. The van der Waals surface area contributed by atoms with E-state index in [4.69, 9.17) is 0 Å². The van der Waals surface area contributed by atoms with Crippen molar-refractivity contribution in [2.45, 2.75) is 44.2 Å². The number of hydrogen-bond donors (Lipinski definition) is 2. The van der Waals surface area contributed by atoms with Gasteiger partial charge in [0.15, 0.2) is 9.84 Å². The first-order chi connectivity index (χ1) is 14.8. The highest BCUT2D eigenvalue weighted by molar-refractivity contribution is 7.91. The van der Waals surface area contributed by atoms with Crippen molar-refractivity contribution in [2.24, 2.45) is 0 Å². The summed E-state index contributed by atoms with van der Waals surface area (Å²) in [6.07, 6.45) is 1.64. The van der Waals surface area contributed by atoms with E-state index in [2.05, 4.69) is 15.5 Å². The molecule has 3 rings (SSSR count). The minimum Gasteiger partial charge on any atom is -0.371 e. The molecule has 0 aromatic heterocycles. The maximum Gasteiger partial charge on any atom is 0.251 e. The van der Waals surface area contributed by atoms with E-state index in [0.29, 0.717) is 17.0 Å². The Bertz CT molecular complexity index is 1010. The van der Waals surface area contributed by atoms with E-state index in [1.54, 1.807) is 31.2 Å². The van der Waals surface area contributed by atoms with Crippen molar-refractivity contribution < 1.29 is 18.0 Å². The first-order valence-electron chi connectivity index (χ1n) is 10.5. The van der Waals surface area contributed by atoms with Crippen LogP contribution in [-0.2, 0) is 21.2 Å². The van der Waals surface area contributed by atoms with Crippen LogP contribution in [0.25, 0.3) is 0 Å². The molecule has 1 fully saturated rings. The number of benzene rings is 2. The zero-order chi connectivity index (χ0) is 22.4. The van der Waals surface area contributed by atoms with Gasteiger partial charge in [-0.05, 0) is 54.8 Å². The molecule has 0 aliphatic carbocycles. The van der Waals surface area contributed by atoms with E-state index in [9.17, 15) is 18.0 Å². The SMILES string of the molecule is CCS(=O)(=O)c1ccc(N2CCC(NC(=O)c3ccc(CNC(C)=O)cc3)CC2)cc1. The summed E-state index contributed by atoms with van der Waals surface area (Å²) < 4.78 is 23.9. The van der Waals surface area contributed by atoms with Crippen LogP contribution in [0.4, 0.5) is 5.69 Å². The third-order valence-electron chi connectivity index (χ3n) is 5.53. The van der Waals surface area contributed by atoms with E-state index in [0.717, 1.165) is 37.2 Å². The number of piperidine rings is 1. The number of anilines is 1. The summed E-state index contributed by atoms with van der Waals surface area (Å²) >= 11 is 0. The smallest absolute Gasteiger partial charge is 0.251 e. The Balaban J connectivity index is 1.50. The molecular formula is C23H29N3O4S. The number of amides is 2. The third-order valence-corrected chi connectivity index (χ3v) is 7.28. The maximum absolute atomic E-state index is 12.6. The van der Waals surface area contributed by atoms with Crippen LogP contribution >= 0.6 is 0 Å². The molecule has 0 atom stereocenters. The Morgan fingerprint density at radius 3 is 2.16 bits per heavy atom. The van der Waals surface area contributed by atoms with Gasteiger partial charge in [0, 0.05) is 43.9 Å². The van der Waals surface area contributed by atoms with Crippen molar-refractivity contribution in [3.05, 3.63) is 59.7 Å². The van der Waals surface area contributed by atoms with Gasteiger partial charge in [0.2, 0.25) is 5.91 Å². The summed E-state index contributed by atoms with van der Waals surface area (Å²) in [5, 5.41) is 5.83. The molecule has 2 aromatic carbocycles. The summed E-state index contributed by atoms with van der Waals surface area (Å²) in [6, 6.07) is 14.4. The normalized spacial score (nSPS) is 14.8. The number of nitrogens with one attached hydrogen (secondary N) is 2. The average Bonchev–Trinajstić information content (AvgIpc) is 2.78. The summed E-state index contributed by atoms with van der Waals surface area (Å²) in [5.41, 5.74) is 2.54. The van der Waals surface area contributed by atoms with Crippen molar-refractivity contribution in [1.29, 1.82) is 0 Å². The van der Waals surface area contributed by atoms with E-state index in [-0.39, 0.29) is 23.6 Å². The highest BCUT2D eigenvalue weighted by atomic mass is 32.2. The lowest BCUT2D eigenvalue weighted by molar-refractivity contribution is -0.119. The molecule has 0 bridgehead atoms. The largest absolute Gasteiger partial charge is 0.371 e. The molecule has 0 radical (unpaired) electrons. The van der Waals surface area contributed by atoms with Crippen LogP contribution in [0, 0.1) is 0 Å². The average molecular weight is 444 g/mol. The monoisotopic (exact) mass is 443 g/mol. The standard InChI is InChI=1S/C23H29N3O4S/c1-3-31(29,30)22-10-8-21(9-11-22)26-14-12-20(13-15-26)25-23(28)19-6-4-18(5-7-19)16-24-17(2)27/h4-11,20H,3,12-16H2,1-2H3,(H,24,27)(H,25,28). The van der Waals surface area contributed by atoms with Gasteiger partial charge in [0.1, 0.15) is 0 Å². The van der Waals surface area contributed by atoms with Gasteiger partial charge in [-0.3, -0.25) is 9.59 Å². The number of carbonyl (C=O) groups is 2. The van der Waals surface area contributed by atoms with Crippen LogP contribution in [0.5, 0.6) is 0 Å². The van der Waals surface area contributed by atoms with Crippen LogP contribution in [0.15, 0.2) is 53.4 Å². The van der Waals surface area contributed by atoms with Crippen LogP contribution in [0.2, 0.25) is 0 Å². The number of nitrogens with zero attached hydrogens (tertiary/aromatic N) is 1. The first kappa shape index (κ1) is 22.8. The molecule has 2 N–H and O–H groups in total. The van der Waals surface area contributed by atoms with Crippen LogP contribution < -0.4 is 15.5 Å². The molecule has 0 unspecified atom stereocenters. The van der Waals surface area contributed by atoms with Crippen molar-refractivity contribution >= 4 is 27.3 Å². The molecule has 1 aliphatic heterocycles. The van der Waals surface area contributed by atoms with Crippen molar-refractivity contribution in [3.63, 3.8) is 0 Å². The van der Waals surface area contributed by atoms with Gasteiger partial charge in [-0.1, -0.05) is 19.1 Å². The van der Waals surface area contributed by atoms with Crippen molar-refractivity contribution in [3.8, 4) is 0 Å². The quantitative estimate of drug-likeness (QED) is 0.686. The topological polar surface area (TPSA) is 95.6 Å². The van der Waals surface area contributed by atoms with Crippen LogP contribution in [-0.4, -0.2) is 45.1 Å². The molecule has 166 valence electrons. The van der Waals surface area contributed by atoms with Gasteiger partial charge in [0.05, 0.1) is 10.6 Å². The molecule has 1 heterocycles. The first-order valence-corrected chi connectivity index (χ1v) is 12.2. The van der Waals surface area contributed by atoms with Gasteiger partial charge >= 0.3 is 0 Å². The van der Waals surface area contributed by atoms with Gasteiger partial charge < -0.3 is 15.5 Å². The number of rotatable bonds is 7. The van der Waals surface area contributed by atoms with Gasteiger partial charge in [-0.25, -0.2) is 8.42 Å². The van der Waals surface area contributed by atoms with Crippen molar-refractivity contribution in [1.82, 2.24) is 10.6 Å². The molecular weight excluding hydrogens is 414 g/mol. The van der Waals surface area contributed by atoms with E-state index in [1.807, 2.05) is 24.3 Å². The Kier molecular flexibility index (Phi) is 7.33. The molecule has 0 spiro atoms. The molecule has 0 saturated carbocycles. The minimum atomic E-state index is -3.19. The molecule has 1 aliphatic rings. The number of carbonyl (C=O) groups excluding carboxylic acids is 2. The van der Waals surface area contributed by atoms with Gasteiger partial charge in [-0.15, -0.1) is 0 Å². The second-order valence-corrected chi connectivity index (χ2v) is 10.0. The third kappa shape index (κ3) is 6.07. The summed E-state index contributed by atoms with van der Waals surface area (Å²) in [4.78, 5) is 26.1. The highest BCUT2D eigenvalue weighted by Gasteiger charge is 2.22. The van der Waals surface area contributed by atoms with E-state index < -0.39 is 9.84 Å². The minimum absolute atomic E-state index is 0.0879. The fourth-order valence-electron chi connectivity index (χ4n) is 3.58. The zero-order valence-corrected chi connectivity index (χ0v) is 18.7. The van der Waals surface area contributed by atoms with Gasteiger partial charge in [0.25, 0.3) is 5.91 Å². The van der Waals surface area contributed by atoms with Gasteiger partial charge in [-0.2, -0.15) is 0 Å². The van der Waals surface area contributed by atoms with E-state index >= 15 is 0 Å². The molecule has 2 aromatic rings. The van der Waals surface area contributed by atoms with Crippen LogP contribution in [0.1, 0.15) is 42.6 Å². The zero-order valence-electron chi connectivity index (χ0n) is 17.9. The van der Waals surface area contributed by atoms with Crippen molar-refractivity contribution in [2.75, 3.05) is 23.7 Å². The summed E-state index contributed by atoms with van der Waals surface area (Å²) in [7, 11) is -3.19. The molecule has 8 heteroatoms. The summed E-state index contributed by atoms with van der Waals surface area (Å²) in [5.74, 6) is -0.0936. The van der Waals surface area contributed by atoms with E-state index in [1.165, 1.54) is 6.92 Å². The second kappa shape index (κ2) is 9.96. The Labute approximate surface area is 183 Å². The Morgan fingerprint density at radius 2 is 1.61 bits per heavy atom. The highest BCUT2D eigenvalue weighted by Crippen LogP contribution is 2.22. The molecule has 1 saturated heterocycles.